The lowest BCUT2D eigenvalue weighted by atomic mass is 9.82. The predicted octanol–water partition coefficient (Wildman–Crippen LogP) is 4.40. The van der Waals surface area contributed by atoms with E-state index in [9.17, 15) is 27.5 Å². The van der Waals surface area contributed by atoms with E-state index in [0.717, 1.165) is 0 Å². The fourth-order valence-corrected chi connectivity index (χ4v) is 4.35. The highest BCUT2D eigenvalue weighted by molar-refractivity contribution is 6.35. The fourth-order valence-electron chi connectivity index (χ4n) is 4.10. The van der Waals surface area contributed by atoms with Crippen molar-refractivity contribution in [2.75, 3.05) is 24.5 Å². The van der Waals surface area contributed by atoms with Gasteiger partial charge in [-0.3, -0.25) is 4.79 Å². The summed E-state index contributed by atoms with van der Waals surface area (Å²) < 4.78 is 53.8. The summed E-state index contributed by atoms with van der Waals surface area (Å²) in [6.45, 7) is -0.406. The molecule has 4 rings (SSSR count). The molecule has 31 heavy (non-hydrogen) atoms. The van der Waals surface area contributed by atoms with Crippen molar-refractivity contribution in [2.45, 2.75) is 49.6 Å². The van der Waals surface area contributed by atoms with E-state index in [-0.39, 0.29) is 42.9 Å². The van der Waals surface area contributed by atoms with Gasteiger partial charge in [0.05, 0.1) is 28.2 Å². The second-order valence-corrected chi connectivity index (χ2v) is 8.86. The Balaban J connectivity index is 1.53. The number of fused-ring (bicyclic) bond motifs is 1. The maximum absolute atomic E-state index is 13.5. The molecule has 1 saturated heterocycles. The number of hydrogen-bond acceptors (Lipinski definition) is 4. The van der Waals surface area contributed by atoms with Crippen LogP contribution in [0.5, 0.6) is 0 Å². The van der Waals surface area contributed by atoms with Gasteiger partial charge < -0.3 is 15.3 Å². The number of rotatable bonds is 4. The number of amides is 1. The number of hydrogen-bond donors (Lipinski definition) is 2. The van der Waals surface area contributed by atoms with Crippen molar-refractivity contribution in [1.29, 1.82) is 0 Å². The molecule has 0 radical (unpaired) electrons. The minimum absolute atomic E-state index is 0.116. The molecule has 2 aromatic rings. The zero-order valence-corrected chi connectivity index (χ0v) is 17.4. The summed E-state index contributed by atoms with van der Waals surface area (Å²) in [6.07, 6.45) is -1.34. The highest BCUT2D eigenvalue weighted by Crippen LogP contribution is 2.38. The van der Waals surface area contributed by atoms with Crippen molar-refractivity contribution in [2.24, 2.45) is 0 Å². The average molecular weight is 460 g/mol. The molecule has 1 aromatic heterocycles. The van der Waals surface area contributed by atoms with Crippen LogP contribution in [-0.4, -0.2) is 53.1 Å². The number of nitrogens with zero attached hydrogens (tertiary/aromatic N) is 2. The quantitative estimate of drug-likeness (QED) is 0.665. The van der Waals surface area contributed by atoms with Gasteiger partial charge in [0, 0.05) is 37.7 Å². The van der Waals surface area contributed by atoms with Crippen LogP contribution in [0.1, 0.15) is 42.5 Å². The Morgan fingerprint density at radius 2 is 1.77 bits per heavy atom. The van der Waals surface area contributed by atoms with Crippen LogP contribution < -0.4 is 10.2 Å². The number of benzene rings is 1. The number of alkyl halides is 4. The Kier molecular flexibility index (Phi) is 5.54. The number of anilines is 1. The second kappa shape index (κ2) is 7.78. The molecule has 0 spiro atoms. The van der Waals surface area contributed by atoms with E-state index in [1.54, 1.807) is 18.2 Å². The van der Waals surface area contributed by atoms with E-state index in [2.05, 4.69) is 10.3 Å². The molecule has 0 atom stereocenters. The number of pyridine rings is 1. The summed E-state index contributed by atoms with van der Waals surface area (Å²) >= 11 is 6.24. The van der Waals surface area contributed by atoms with Crippen molar-refractivity contribution in [3.05, 3.63) is 34.9 Å². The maximum atomic E-state index is 13.5. The molecule has 0 unspecified atom stereocenters. The zero-order chi connectivity index (χ0) is 22.4. The van der Waals surface area contributed by atoms with Crippen LogP contribution in [0.3, 0.4) is 0 Å². The number of carbonyl (C=O) groups excluding carboxylic acids is 1. The van der Waals surface area contributed by atoms with Gasteiger partial charge in [0.25, 0.3) is 11.8 Å². The number of carbonyl (C=O) groups is 1. The van der Waals surface area contributed by atoms with Gasteiger partial charge in [0.2, 0.25) is 5.92 Å². The molecule has 1 aromatic carbocycles. The monoisotopic (exact) mass is 459 g/mol. The van der Waals surface area contributed by atoms with Gasteiger partial charge in [-0.1, -0.05) is 11.6 Å². The van der Waals surface area contributed by atoms with Gasteiger partial charge in [-0.05, 0) is 37.1 Å². The van der Waals surface area contributed by atoms with Crippen LogP contribution in [0.2, 0.25) is 5.02 Å². The SMILES string of the molecule is O=C(NCC1(O)CCC(F)(F)CC1)c1c(Cl)ccc2nc(N3CCC(F)(F)C3)ccc12. The zero-order valence-electron chi connectivity index (χ0n) is 16.6. The van der Waals surface area contributed by atoms with Gasteiger partial charge >= 0.3 is 0 Å². The van der Waals surface area contributed by atoms with Gasteiger partial charge in [0.1, 0.15) is 5.82 Å². The Labute approximate surface area is 181 Å². The topological polar surface area (TPSA) is 65.5 Å². The first-order valence-corrected chi connectivity index (χ1v) is 10.5. The normalized spacial score (nSPS) is 21.9. The summed E-state index contributed by atoms with van der Waals surface area (Å²) in [5.74, 6) is -5.73. The minimum Gasteiger partial charge on any atom is -0.388 e. The van der Waals surface area contributed by atoms with Crippen LogP contribution in [0.25, 0.3) is 10.9 Å². The lowest BCUT2D eigenvalue weighted by molar-refractivity contribution is -0.101. The Hall–Kier alpha value is -2.13. The van der Waals surface area contributed by atoms with Crippen molar-refractivity contribution in [3.63, 3.8) is 0 Å². The molecule has 1 aliphatic carbocycles. The van der Waals surface area contributed by atoms with E-state index >= 15 is 0 Å². The van der Waals surface area contributed by atoms with Crippen molar-refractivity contribution < 1.29 is 27.5 Å². The van der Waals surface area contributed by atoms with Crippen LogP contribution in [0.4, 0.5) is 23.4 Å². The first kappa shape index (κ1) is 22.1. The minimum atomic E-state index is -2.79. The Bertz CT molecular complexity index is 1010. The lowest BCUT2D eigenvalue weighted by Gasteiger charge is -2.35. The maximum Gasteiger partial charge on any atom is 0.266 e. The summed E-state index contributed by atoms with van der Waals surface area (Å²) in [5.41, 5.74) is -0.853. The number of nitrogens with one attached hydrogen (secondary N) is 1. The van der Waals surface area contributed by atoms with Crippen molar-refractivity contribution >= 4 is 34.2 Å². The Morgan fingerprint density at radius 1 is 1.06 bits per heavy atom. The molecule has 1 amide bonds. The Morgan fingerprint density at radius 3 is 2.42 bits per heavy atom. The molecule has 1 aliphatic heterocycles. The smallest absolute Gasteiger partial charge is 0.266 e. The molecule has 0 bridgehead atoms. The average Bonchev–Trinajstić information content (AvgIpc) is 3.08. The third-order valence-corrected chi connectivity index (χ3v) is 6.33. The van der Waals surface area contributed by atoms with Gasteiger partial charge in [-0.2, -0.15) is 0 Å². The van der Waals surface area contributed by atoms with Crippen molar-refractivity contribution in [1.82, 2.24) is 10.3 Å². The summed E-state index contributed by atoms with van der Waals surface area (Å²) in [6, 6.07) is 6.26. The molecule has 2 fully saturated rings. The molecule has 2 N–H and O–H groups in total. The number of halogens is 5. The summed E-state index contributed by atoms with van der Waals surface area (Å²) in [4.78, 5) is 18.7. The van der Waals surface area contributed by atoms with E-state index in [1.807, 2.05) is 0 Å². The summed E-state index contributed by atoms with van der Waals surface area (Å²) in [5, 5.41) is 13.7. The first-order valence-electron chi connectivity index (χ1n) is 10.1. The van der Waals surface area contributed by atoms with E-state index in [1.165, 1.54) is 11.0 Å². The highest BCUT2D eigenvalue weighted by Gasteiger charge is 2.42. The third-order valence-electron chi connectivity index (χ3n) is 6.02. The molecule has 1 saturated carbocycles. The lowest BCUT2D eigenvalue weighted by Crippen LogP contribution is -2.47. The van der Waals surface area contributed by atoms with Crippen LogP contribution in [-0.2, 0) is 0 Å². The van der Waals surface area contributed by atoms with E-state index < -0.39 is 42.7 Å². The largest absolute Gasteiger partial charge is 0.388 e. The van der Waals surface area contributed by atoms with Crippen LogP contribution in [0, 0.1) is 0 Å². The second-order valence-electron chi connectivity index (χ2n) is 8.45. The molecule has 5 nitrogen and oxygen atoms in total. The molecular formula is C21H22ClF4N3O2. The van der Waals surface area contributed by atoms with Crippen LogP contribution in [0.15, 0.2) is 24.3 Å². The van der Waals surface area contributed by atoms with Gasteiger partial charge in [0.15, 0.2) is 0 Å². The standard InChI is InChI=1S/C21H22ClF4N3O2/c22-14-2-3-15-13(1-4-16(28-15)29-10-9-21(25,26)12-29)17(14)18(30)27-11-19(31)5-7-20(23,24)8-6-19/h1-4,31H,5-12H2,(H,27,30). The summed E-state index contributed by atoms with van der Waals surface area (Å²) in [7, 11) is 0. The molecule has 2 heterocycles. The van der Waals surface area contributed by atoms with Crippen molar-refractivity contribution in [3.8, 4) is 0 Å². The van der Waals surface area contributed by atoms with E-state index in [0.29, 0.717) is 16.7 Å². The van der Waals surface area contributed by atoms with Crippen LogP contribution >= 0.6 is 11.6 Å². The molecule has 168 valence electrons. The fraction of sp³-hybridized carbons (Fsp3) is 0.524. The third kappa shape index (κ3) is 4.72. The molecule has 2 aliphatic rings. The number of aliphatic hydroxyl groups is 1. The van der Waals surface area contributed by atoms with Gasteiger partial charge in [-0.15, -0.1) is 0 Å². The van der Waals surface area contributed by atoms with E-state index in [4.69, 9.17) is 11.6 Å². The highest BCUT2D eigenvalue weighted by atomic mass is 35.5. The molecular weight excluding hydrogens is 438 g/mol. The molecule has 10 heteroatoms. The predicted molar refractivity (Wildman–Crippen MR) is 109 cm³/mol. The first-order chi connectivity index (χ1) is 14.5. The number of aromatic nitrogens is 1. The van der Waals surface area contributed by atoms with Gasteiger partial charge in [-0.25, -0.2) is 22.5 Å².